The third-order valence-corrected chi connectivity index (χ3v) is 5.73. The van der Waals surface area contributed by atoms with Gasteiger partial charge in [0.05, 0.1) is 22.5 Å². The fraction of sp³-hybridized carbons (Fsp3) is 0.500. The monoisotopic (exact) mass is 406 g/mol. The van der Waals surface area contributed by atoms with Gasteiger partial charge in [0.25, 0.3) is 5.91 Å². The maximum atomic E-state index is 12.6. The minimum absolute atomic E-state index is 0.313. The fourth-order valence-electron chi connectivity index (χ4n) is 3.80. The zero-order chi connectivity index (χ0) is 20.4. The zero-order valence-corrected chi connectivity index (χ0v) is 16.6. The molecular formula is C20H23ClN2O5. The van der Waals surface area contributed by atoms with Crippen LogP contribution in [-0.2, 0) is 23.9 Å². The molecule has 1 heterocycles. The van der Waals surface area contributed by atoms with Crippen LogP contribution in [0.4, 0.5) is 5.69 Å². The Morgan fingerprint density at radius 3 is 2.25 bits per heavy atom. The van der Waals surface area contributed by atoms with E-state index in [9.17, 15) is 19.2 Å². The molecule has 2 aliphatic rings. The van der Waals surface area contributed by atoms with Gasteiger partial charge in [-0.15, -0.1) is 0 Å². The van der Waals surface area contributed by atoms with Crippen molar-refractivity contribution in [1.82, 2.24) is 4.90 Å². The fourth-order valence-corrected chi connectivity index (χ4v) is 3.98. The topological polar surface area (TPSA) is 92.8 Å². The Labute approximate surface area is 168 Å². The van der Waals surface area contributed by atoms with Gasteiger partial charge in [0.1, 0.15) is 6.04 Å². The van der Waals surface area contributed by atoms with E-state index in [2.05, 4.69) is 5.32 Å². The lowest BCUT2D eigenvalue weighted by Gasteiger charge is -2.23. The molecule has 0 spiro atoms. The zero-order valence-electron chi connectivity index (χ0n) is 15.8. The molecule has 0 aromatic heterocycles. The van der Waals surface area contributed by atoms with Crippen LogP contribution in [0.3, 0.4) is 0 Å². The van der Waals surface area contributed by atoms with Gasteiger partial charge in [0.2, 0.25) is 11.8 Å². The molecule has 4 atom stereocenters. The normalized spacial score (nSPS) is 23.8. The van der Waals surface area contributed by atoms with Gasteiger partial charge in [-0.2, -0.15) is 0 Å². The summed E-state index contributed by atoms with van der Waals surface area (Å²) in [5.74, 6) is -2.64. The van der Waals surface area contributed by atoms with E-state index in [4.69, 9.17) is 16.3 Å². The first kappa shape index (κ1) is 20.3. The van der Waals surface area contributed by atoms with Crippen molar-refractivity contribution in [2.45, 2.75) is 51.7 Å². The van der Waals surface area contributed by atoms with Crippen LogP contribution in [-0.4, -0.2) is 40.7 Å². The molecule has 8 heteroatoms. The summed E-state index contributed by atoms with van der Waals surface area (Å²) in [6, 6.07) is 5.62. The third-order valence-electron chi connectivity index (χ3n) is 5.40. The number of para-hydroxylation sites is 1. The summed E-state index contributed by atoms with van der Waals surface area (Å²) in [6.45, 7) is 2.87. The molecule has 2 fully saturated rings. The van der Waals surface area contributed by atoms with Crippen molar-refractivity contribution in [3.05, 3.63) is 29.3 Å². The van der Waals surface area contributed by atoms with Crippen LogP contribution in [0.25, 0.3) is 0 Å². The molecular weight excluding hydrogens is 384 g/mol. The second kappa shape index (κ2) is 8.31. The van der Waals surface area contributed by atoms with Gasteiger partial charge in [-0.25, -0.2) is 4.79 Å². The number of imide groups is 1. The molecule has 1 saturated carbocycles. The maximum Gasteiger partial charge on any atom is 0.329 e. The van der Waals surface area contributed by atoms with Crippen LogP contribution in [0.15, 0.2) is 24.3 Å². The van der Waals surface area contributed by atoms with Gasteiger partial charge in [-0.05, 0) is 38.8 Å². The number of amides is 3. The van der Waals surface area contributed by atoms with Gasteiger partial charge in [-0.1, -0.05) is 36.6 Å². The highest BCUT2D eigenvalue weighted by Gasteiger charge is 2.51. The lowest BCUT2D eigenvalue weighted by molar-refractivity contribution is -0.163. The molecule has 1 N–H and O–H groups in total. The lowest BCUT2D eigenvalue weighted by atomic mass is 9.81. The first-order valence-electron chi connectivity index (χ1n) is 9.44. The summed E-state index contributed by atoms with van der Waals surface area (Å²) in [4.78, 5) is 51.0. The second-order valence-electron chi connectivity index (χ2n) is 7.27. The van der Waals surface area contributed by atoms with E-state index < -0.39 is 24.0 Å². The van der Waals surface area contributed by atoms with Crippen molar-refractivity contribution in [1.29, 1.82) is 0 Å². The third kappa shape index (κ3) is 3.90. The molecule has 28 heavy (non-hydrogen) atoms. The van der Waals surface area contributed by atoms with Crippen LogP contribution in [0.1, 0.15) is 39.5 Å². The van der Waals surface area contributed by atoms with Crippen molar-refractivity contribution in [2.75, 3.05) is 5.32 Å². The lowest BCUT2D eigenvalue weighted by Crippen LogP contribution is -2.46. The highest BCUT2D eigenvalue weighted by molar-refractivity contribution is 6.33. The Morgan fingerprint density at radius 2 is 1.68 bits per heavy atom. The van der Waals surface area contributed by atoms with Gasteiger partial charge in [-0.3, -0.25) is 19.3 Å². The van der Waals surface area contributed by atoms with E-state index in [0.29, 0.717) is 23.6 Å². The van der Waals surface area contributed by atoms with Crippen LogP contribution in [0.5, 0.6) is 0 Å². The number of nitrogens with one attached hydrogen (secondary N) is 1. The van der Waals surface area contributed by atoms with Crippen molar-refractivity contribution in [3.8, 4) is 0 Å². The number of benzene rings is 1. The standard InChI is InChI=1S/C20H23ClN2O5/c1-11(23-18(25)13-7-3-4-8-14(13)19(23)26)20(27)28-12(2)17(24)22-16-10-6-5-9-15(16)21/h5-6,9-14H,3-4,7-8H2,1-2H3,(H,22,24)/t11-,12-,13-,14-/m0/s1. The summed E-state index contributed by atoms with van der Waals surface area (Å²) in [5, 5.41) is 2.95. The predicted molar refractivity (Wildman–Crippen MR) is 102 cm³/mol. The summed E-state index contributed by atoms with van der Waals surface area (Å²) < 4.78 is 5.21. The summed E-state index contributed by atoms with van der Waals surface area (Å²) in [6.07, 6.45) is 2.05. The van der Waals surface area contributed by atoms with Gasteiger partial charge in [0, 0.05) is 0 Å². The summed E-state index contributed by atoms with van der Waals surface area (Å²) in [7, 11) is 0. The number of carbonyl (C=O) groups excluding carboxylic acids is 4. The van der Waals surface area contributed by atoms with Crippen molar-refractivity contribution < 1.29 is 23.9 Å². The van der Waals surface area contributed by atoms with Crippen LogP contribution in [0.2, 0.25) is 5.02 Å². The van der Waals surface area contributed by atoms with Gasteiger partial charge < -0.3 is 10.1 Å². The number of carbonyl (C=O) groups is 4. The van der Waals surface area contributed by atoms with E-state index in [-0.39, 0.29) is 23.7 Å². The molecule has 0 radical (unpaired) electrons. The van der Waals surface area contributed by atoms with Crippen molar-refractivity contribution in [2.24, 2.45) is 11.8 Å². The largest absolute Gasteiger partial charge is 0.451 e. The van der Waals surface area contributed by atoms with E-state index in [0.717, 1.165) is 17.7 Å². The predicted octanol–water partition coefficient (Wildman–Crippen LogP) is 2.77. The molecule has 1 saturated heterocycles. The number of fused-ring (bicyclic) bond motifs is 1. The molecule has 1 aliphatic heterocycles. The first-order chi connectivity index (χ1) is 13.3. The first-order valence-corrected chi connectivity index (χ1v) is 9.82. The number of anilines is 1. The van der Waals surface area contributed by atoms with Gasteiger partial charge >= 0.3 is 5.97 Å². The maximum absolute atomic E-state index is 12.6. The van der Waals surface area contributed by atoms with Crippen LogP contribution >= 0.6 is 11.6 Å². The Bertz CT molecular complexity index is 788. The van der Waals surface area contributed by atoms with Crippen molar-refractivity contribution >= 4 is 41.0 Å². The highest BCUT2D eigenvalue weighted by Crippen LogP contribution is 2.39. The molecule has 1 aromatic carbocycles. The number of halogens is 1. The smallest absolute Gasteiger partial charge is 0.329 e. The Hall–Kier alpha value is -2.41. The number of rotatable bonds is 5. The molecule has 0 unspecified atom stereocenters. The minimum atomic E-state index is -1.11. The number of nitrogens with zero attached hydrogens (tertiary/aromatic N) is 1. The Morgan fingerprint density at radius 1 is 1.11 bits per heavy atom. The average Bonchev–Trinajstić information content (AvgIpc) is 2.93. The minimum Gasteiger partial charge on any atom is -0.451 e. The molecule has 0 bridgehead atoms. The molecule has 1 aliphatic carbocycles. The number of ether oxygens (including phenoxy) is 1. The number of hydrogen-bond acceptors (Lipinski definition) is 5. The molecule has 150 valence electrons. The summed E-state index contributed by atoms with van der Waals surface area (Å²) >= 11 is 6.00. The van der Waals surface area contributed by atoms with E-state index in [1.54, 1.807) is 24.3 Å². The SMILES string of the molecule is C[C@H](OC(=O)[C@H](C)N1C(=O)[C@H]2CCCC[C@@H]2C1=O)C(=O)Nc1ccccc1Cl. The average molecular weight is 407 g/mol. The molecule has 7 nitrogen and oxygen atoms in total. The number of hydrogen-bond donors (Lipinski definition) is 1. The van der Waals surface area contributed by atoms with E-state index >= 15 is 0 Å². The molecule has 3 amide bonds. The van der Waals surface area contributed by atoms with Gasteiger partial charge in [0.15, 0.2) is 6.10 Å². The highest BCUT2D eigenvalue weighted by atomic mass is 35.5. The van der Waals surface area contributed by atoms with E-state index in [1.165, 1.54) is 13.8 Å². The molecule has 1 aromatic rings. The number of likely N-dealkylation sites (tertiary alicyclic amines) is 1. The van der Waals surface area contributed by atoms with E-state index in [1.807, 2.05) is 0 Å². The Kier molecular flexibility index (Phi) is 6.03. The molecule has 3 rings (SSSR count). The second-order valence-corrected chi connectivity index (χ2v) is 7.68. The van der Waals surface area contributed by atoms with Crippen molar-refractivity contribution in [3.63, 3.8) is 0 Å². The van der Waals surface area contributed by atoms with Crippen LogP contribution < -0.4 is 5.32 Å². The van der Waals surface area contributed by atoms with Crippen LogP contribution in [0, 0.1) is 11.8 Å². The quantitative estimate of drug-likeness (QED) is 0.599. The Balaban J connectivity index is 1.62. The number of esters is 1. The summed E-state index contributed by atoms with van der Waals surface area (Å²) in [5.41, 5.74) is 0.402.